The van der Waals surface area contributed by atoms with Gasteiger partial charge in [-0.15, -0.1) is 0 Å². The Morgan fingerprint density at radius 2 is 0.409 bits per heavy atom. The summed E-state index contributed by atoms with van der Waals surface area (Å²) in [5.41, 5.74) is 17.1. The van der Waals surface area contributed by atoms with Gasteiger partial charge in [0.2, 0.25) is 0 Å². The van der Waals surface area contributed by atoms with Gasteiger partial charge in [-0.1, -0.05) is 255 Å². The van der Waals surface area contributed by atoms with Crippen LogP contribution in [0.5, 0.6) is 0 Å². The standard InChI is InChI=1S/C66H44/c1-5-17-49(18-6-1)63-55-25-13-15-27-57(55)65(51-21-9-3-10-22-51)61-43-53(39-41-59(61)63)47-35-31-45(32-36-47)29-30-46-33-37-48(38-34-46)54-40-42-60-62(44-54)66(52-23-11-4-12-24-52)58-28-16-14-26-56(58)64(60)50-19-7-2-8-20-50/h1-44H. The molecule has 308 valence electrons. The highest BCUT2D eigenvalue weighted by Gasteiger charge is 2.19. The van der Waals surface area contributed by atoms with Gasteiger partial charge in [-0.3, -0.25) is 0 Å². The summed E-state index contributed by atoms with van der Waals surface area (Å²) in [7, 11) is 0. The van der Waals surface area contributed by atoms with E-state index in [0.29, 0.717) is 0 Å². The second-order valence-corrected chi connectivity index (χ2v) is 17.2. The lowest BCUT2D eigenvalue weighted by atomic mass is 9.85. The molecule has 0 heterocycles. The van der Waals surface area contributed by atoms with Gasteiger partial charge in [0.25, 0.3) is 0 Å². The second-order valence-electron chi connectivity index (χ2n) is 17.2. The van der Waals surface area contributed by atoms with Crippen molar-refractivity contribution in [3.05, 3.63) is 266 Å². The van der Waals surface area contributed by atoms with E-state index in [0.717, 1.165) is 11.1 Å². The predicted molar refractivity (Wildman–Crippen MR) is 284 cm³/mol. The van der Waals surface area contributed by atoms with E-state index in [9.17, 15) is 0 Å². The fourth-order valence-electron chi connectivity index (χ4n) is 10.1. The first-order valence-electron chi connectivity index (χ1n) is 22.8. The lowest BCUT2D eigenvalue weighted by molar-refractivity contribution is 1.60. The van der Waals surface area contributed by atoms with Crippen LogP contribution >= 0.6 is 0 Å². The Morgan fingerprint density at radius 3 is 0.712 bits per heavy atom. The molecule has 66 heavy (non-hydrogen) atoms. The van der Waals surface area contributed by atoms with Crippen LogP contribution in [-0.4, -0.2) is 0 Å². The van der Waals surface area contributed by atoms with Crippen LogP contribution in [-0.2, 0) is 0 Å². The van der Waals surface area contributed by atoms with Crippen molar-refractivity contribution < 1.29 is 0 Å². The summed E-state index contributed by atoms with van der Waals surface area (Å²) in [6.45, 7) is 0. The molecule has 0 fully saturated rings. The molecular weight excluding hydrogens is 793 g/mol. The van der Waals surface area contributed by atoms with Gasteiger partial charge in [0.05, 0.1) is 0 Å². The molecule has 12 aromatic carbocycles. The van der Waals surface area contributed by atoms with Crippen LogP contribution in [0.1, 0.15) is 11.1 Å². The summed E-state index contributed by atoms with van der Waals surface area (Å²) in [6, 6.07) is 93.0. The quantitative estimate of drug-likeness (QED) is 0.106. The molecule has 0 heteroatoms. The van der Waals surface area contributed by atoms with Gasteiger partial charge in [-0.2, -0.15) is 0 Å². The van der Waals surface area contributed by atoms with Gasteiger partial charge in [0.1, 0.15) is 0 Å². The van der Waals surface area contributed by atoms with Gasteiger partial charge in [-0.25, -0.2) is 0 Å². The van der Waals surface area contributed by atoms with Crippen molar-refractivity contribution in [3.8, 4) is 66.8 Å². The fourth-order valence-corrected chi connectivity index (χ4v) is 10.1. The van der Waals surface area contributed by atoms with Gasteiger partial charge in [-0.05, 0) is 133 Å². The number of fused-ring (bicyclic) bond motifs is 4. The van der Waals surface area contributed by atoms with Crippen LogP contribution in [0.4, 0.5) is 0 Å². The van der Waals surface area contributed by atoms with E-state index >= 15 is 0 Å². The van der Waals surface area contributed by atoms with E-state index < -0.39 is 0 Å². The van der Waals surface area contributed by atoms with Crippen molar-refractivity contribution in [1.82, 2.24) is 0 Å². The van der Waals surface area contributed by atoms with E-state index in [1.165, 1.54) is 110 Å². The van der Waals surface area contributed by atoms with Crippen molar-refractivity contribution in [2.45, 2.75) is 0 Å². The average Bonchev–Trinajstić information content (AvgIpc) is 3.39. The molecule has 0 unspecified atom stereocenters. The molecule has 0 nitrogen and oxygen atoms in total. The summed E-state index contributed by atoms with van der Waals surface area (Å²) < 4.78 is 0. The normalized spacial score (nSPS) is 11.6. The van der Waals surface area contributed by atoms with E-state index in [1.807, 2.05) is 0 Å². The Balaban J connectivity index is 0.869. The maximum atomic E-state index is 2.39. The molecule has 0 saturated carbocycles. The molecule has 0 radical (unpaired) electrons. The van der Waals surface area contributed by atoms with Crippen LogP contribution < -0.4 is 0 Å². The molecule has 12 rings (SSSR count). The van der Waals surface area contributed by atoms with E-state index in [2.05, 4.69) is 267 Å². The van der Waals surface area contributed by atoms with Crippen molar-refractivity contribution >= 4 is 55.2 Å². The number of hydrogen-bond donors (Lipinski definition) is 0. The molecule has 0 aliphatic carbocycles. The molecule has 12 aromatic rings. The van der Waals surface area contributed by atoms with Crippen LogP contribution in [0.25, 0.3) is 122 Å². The lowest BCUT2D eigenvalue weighted by Gasteiger charge is -2.18. The predicted octanol–water partition coefficient (Wildman–Crippen LogP) is 18.5. The van der Waals surface area contributed by atoms with E-state index in [4.69, 9.17) is 0 Å². The van der Waals surface area contributed by atoms with Gasteiger partial charge < -0.3 is 0 Å². The van der Waals surface area contributed by atoms with E-state index in [-0.39, 0.29) is 0 Å². The van der Waals surface area contributed by atoms with Crippen LogP contribution in [0.2, 0.25) is 0 Å². The van der Waals surface area contributed by atoms with Crippen LogP contribution in [0, 0.1) is 0 Å². The SMILES string of the molecule is C(=Cc1ccc(-c2ccc3c(-c4ccccc4)c4ccccc4c(-c4ccccc4)c3c2)cc1)c1ccc(-c2ccc3c(-c4ccccc4)c4ccccc4c(-c4ccccc4)c3c2)cc1. The number of benzene rings is 12. The summed E-state index contributed by atoms with van der Waals surface area (Å²) in [4.78, 5) is 0. The molecule has 0 amide bonds. The first kappa shape index (κ1) is 39.0. The van der Waals surface area contributed by atoms with Crippen molar-refractivity contribution in [2.75, 3.05) is 0 Å². The Kier molecular flexibility index (Phi) is 9.97. The largest absolute Gasteiger partial charge is 0.0622 e. The highest BCUT2D eigenvalue weighted by atomic mass is 14.2. The summed E-state index contributed by atoms with van der Waals surface area (Å²) in [5, 5.41) is 10.1. The summed E-state index contributed by atoms with van der Waals surface area (Å²) in [5.74, 6) is 0. The molecule has 0 aromatic heterocycles. The topological polar surface area (TPSA) is 0 Å². The maximum absolute atomic E-state index is 2.39. The van der Waals surface area contributed by atoms with Crippen LogP contribution in [0.3, 0.4) is 0 Å². The van der Waals surface area contributed by atoms with Gasteiger partial charge >= 0.3 is 0 Å². The lowest BCUT2D eigenvalue weighted by Crippen LogP contribution is -1.91. The second kappa shape index (κ2) is 16.8. The first-order valence-corrected chi connectivity index (χ1v) is 22.8. The average molecular weight is 837 g/mol. The van der Waals surface area contributed by atoms with Crippen LogP contribution in [0.15, 0.2) is 255 Å². The Bertz CT molecular complexity index is 3480. The minimum Gasteiger partial charge on any atom is -0.0622 e. The molecule has 0 saturated heterocycles. The Labute approximate surface area is 386 Å². The third-order valence-electron chi connectivity index (χ3n) is 13.3. The van der Waals surface area contributed by atoms with Crippen molar-refractivity contribution in [2.24, 2.45) is 0 Å². The van der Waals surface area contributed by atoms with Crippen molar-refractivity contribution in [3.63, 3.8) is 0 Å². The molecule has 0 aliphatic heterocycles. The summed E-state index contributed by atoms with van der Waals surface area (Å²) >= 11 is 0. The maximum Gasteiger partial charge on any atom is -0.00262 e. The summed E-state index contributed by atoms with van der Waals surface area (Å²) in [6.07, 6.45) is 4.42. The third-order valence-corrected chi connectivity index (χ3v) is 13.3. The molecule has 0 spiro atoms. The number of hydrogen-bond acceptors (Lipinski definition) is 0. The number of rotatable bonds is 8. The fraction of sp³-hybridized carbons (Fsp3) is 0. The molecule has 0 atom stereocenters. The monoisotopic (exact) mass is 836 g/mol. The minimum absolute atomic E-state index is 1.16. The molecule has 0 bridgehead atoms. The highest BCUT2D eigenvalue weighted by molar-refractivity contribution is 6.23. The Morgan fingerprint density at radius 1 is 0.167 bits per heavy atom. The third kappa shape index (κ3) is 7.06. The zero-order valence-corrected chi connectivity index (χ0v) is 36.4. The highest BCUT2D eigenvalue weighted by Crippen LogP contribution is 2.46. The molecule has 0 N–H and O–H groups in total. The van der Waals surface area contributed by atoms with Crippen molar-refractivity contribution in [1.29, 1.82) is 0 Å². The minimum atomic E-state index is 1.16. The van der Waals surface area contributed by atoms with Gasteiger partial charge in [0.15, 0.2) is 0 Å². The zero-order valence-electron chi connectivity index (χ0n) is 36.4. The first-order chi connectivity index (χ1) is 32.7. The molecular formula is C66H44. The smallest absolute Gasteiger partial charge is 0.00262 e. The molecule has 0 aliphatic rings. The zero-order chi connectivity index (χ0) is 43.8. The van der Waals surface area contributed by atoms with Gasteiger partial charge in [0, 0.05) is 0 Å². The van der Waals surface area contributed by atoms with E-state index in [1.54, 1.807) is 0 Å². The Hall–Kier alpha value is -8.58.